The molecule has 0 saturated heterocycles. The summed E-state index contributed by atoms with van der Waals surface area (Å²) in [5.74, 6) is 1.87. The lowest BCUT2D eigenvalue weighted by atomic mass is 9.50. The molecule has 0 heterocycles. The highest BCUT2D eigenvalue weighted by Gasteiger charge is 2.48. The van der Waals surface area contributed by atoms with Crippen LogP contribution in [-0.4, -0.2) is 0 Å². The third-order valence-electron chi connectivity index (χ3n) is 4.10. The van der Waals surface area contributed by atoms with Crippen LogP contribution in [0.3, 0.4) is 0 Å². The van der Waals surface area contributed by atoms with Crippen LogP contribution in [0, 0.1) is 17.3 Å². The molecule has 0 N–H and O–H groups in total. The Morgan fingerprint density at radius 3 is 2.36 bits per heavy atom. The molecular formula is C11H18. The van der Waals surface area contributed by atoms with Gasteiger partial charge in [-0.3, -0.25) is 0 Å². The Morgan fingerprint density at radius 1 is 1.36 bits per heavy atom. The summed E-state index contributed by atoms with van der Waals surface area (Å²) >= 11 is 0. The van der Waals surface area contributed by atoms with E-state index in [1.807, 2.05) is 0 Å². The van der Waals surface area contributed by atoms with E-state index in [2.05, 4.69) is 27.7 Å². The van der Waals surface area contributed by atoms with Crippen molar-refractivity contribution in [3.05, 3.63) is 11.1 Å². The zero-order valence-corrected chi connectivity index (χ0v) is 8.07. The molecule has 0 nitrogen and oxygen atoms in total. The molecule has 0 amide bonds. The molecule has 2 bridgehead atoms. The number of allylic oxidation sites excluding steroid dienone is 2. The molecule has 0 aromatic carbocycles. The maximum Gasteiger partial charge on any atom is -0.0110 e. The third kappa shape index (κ3) is 0.758. The van der Waals surface area contributed by atoms with Gasteiger partial charge in [-0.1, -0.05) is 31.9 Å². The van der Waals surface area contributed by atoms with Gasteiger partial charge in [-0.25, -0.2) is 0 Å². The zero-order valence-electron chi connectivity index (χ0n) is 8.07. The van der Waals surface area contributed by atoms with Crippen LogP contribution >= 0.6 is 0 Å². The Hall–Kier alpha value is -0.260. The van der Waals surface area contributed by atoms with E-state index < -0.39 is 0 Å². The van der Waals surface area contributed by atoms with Crippen molar-refractivity contribution in [3.8, 4) is 0 Å². The summed E-state index contributed by atoms with van der Waals surface area (Å²) in [5, 5.41) is 0. The molecule has 11 heavy (non-hydrogen) atoms. The minimum Gasteiger partial charge on any atom is -0.0707 e. The fourth-order valence-electron chi connectivity index (χ4n) is 2.83. The molecule has 0 radical (unpaired) electrons. The Morgan fingerprint density at radius 2 is 2.00 bits per heavy atom. The largest absolute Gasteiger partial charge is 0.0707 e. The van der Waals surface area contributed by atoms with Crippen LogP contribution in [0.1, 0.15) is 40.5 Å². The predicted molar refractivity (Wildman–Crippen MR) is 48.4 cm³/mol. The molecule has 2 unspecified atom stereocenters. The summed E-state index contributed by atoms with van der Waals surface area (Å²) < 4.78 is 0. The second kappa shape index (κ2) is 1.91. The van der Waals surface area contributed by atoms with Gasteiger partial charge in [0.2, 0.25) is 0 Å². The lowest BCUT2D eigenvalue weighted by Gasteiger charge is -2.54. The quantitative estimate of drug-likeness (QED) is 0.464. The molecule has 0 aromatic rings. The van der Waals surface area contributed by atoms with E-state index in [1.54, 1.807) is 11.1 Å². The fourth-order valence-corrected chi connectivity index (χ4v) is 2.83. The van der Waals surface area contributed by atoms with Gasteiger partial charge in [0.1, 0.15) is 0 Å². The predicted octanol–water partition coefficient (Wildman–Crippen LogP) is 3.39. The maximum atomic E-state index is 2.41. The molecule has 3 aliphatic carbocycles. The number of fused-ring (bicyclic) bond motifs is 2. The van der Waals surface area contributed by atoms with Gasteiger partial charge in [-0.2, -0.15) is 0 Å². The second-order valence-corrected chi connectivity index (χ2v) is 4.92. The van der Waals surface area contributed by atoms with Gasteiger partial charge < -0.3 is 0 Å². The van der Waals surface area contributed by atoms with E-state index in [0.29, 0.717) is 5.41 Å². The van der Waals surface area contributed by atoms with Gasteiger partial charge in [-0.05, 0) is 37.0 Å². The van der Waals surface area contributed by atoms with Crippen molar-refractivity contribution >= 4 is 0 Å². The van der Waals surface area contributed by atoms with Crippen molar-refractivity contribution in [2.24, 2.45) is 17.3 Å². The Bertz CT molecular complexity index is 220. The van der Waals surface area contributed by atoms with Crippen molar-refractivity contribution in [3.63, 3.8) is 0 Å². The summed E-state index contributed by atoms with van der Waals surface area (Å²) in [5.41, 5.74) is 4.02. The first kappa shape index (κ1) is 7.39. The third-order valence-corrected chi connectivity index (χ3v) is 4.10. The lowest BCUT2D eigenvalue weighted by molar-refractivity contribution is 0.112. The lowest BCUT2D eigenvalue weighted by Crippen LogP contribution is -2.43. The number of rotatable bonds is 0. The van der Waals surface area contributed by atoms with Gasteiger partial charge in [0.15, 0.2) is 0 Å². The van der Waals surface area contributed by atoms with Gasteiger partial charge in [0, 0.05) is 0 Å². The molecular weight excluding hydrogens is 132 g/mol. The molecule has 0 spiro atoms. The van der Waals surface area contributed by atoms with E-state index in [-0.39, 0.29) is 0 Å². The Labute approximate surface area is 69.7 Å². The highest BCUT2D eigenvalue weighted by Crippen LogP contribution is 2.59. The van der Waals surface area contributed by atoms with E-state index >= 15 is 0 Å². The van der Waals surface area contributed by atoms with Gasteiger partial charge >= 0.3 is 0 Å². The first-order valence-corrected chi connectivity index (χ1v) is 4.73. The normalized spacial score (nSPS) is 40.4. The monoisotopic (exact) mass is 150 g/mol. The van der Waals surface area contributed by atoms with Crippen LogP contribution < -0.4 is 0 Å². The summed E-state index contributed by atoms with van der Waals surface area (Å²) in [6.07, 6.45) is 2.84. The Balaban J connectivity index is 2.40. The summed E-state index contributed by atoms with van der Waals surface area (Å²) in [6.45, 7) is 9.52. The van der Waals surface area contributed by atoms with Crippen molar-refractivity contribution in [1.29, 1.82) is 0 Å². The first-order chi connectivity index (χ1) is 5.03. The standard InChI is InChI=1S/C11H18/c1-7-5-9-6-10(8(7)2)11(9,3)4/h7,9H,5-6H2,1-4H3. The topological polar surface area (TPSA) is 0 Å². The average Bonchev–Trinajstić information content (AvgIpc) is 1.93. The van der Waals surface area contributed by atoms with Gasteiger partial charge in [-0.15, -0.1) is 0 Å². The number of hydrogen-bond donors (Lipinski definition) is 0. The molecule has 3 aliphatic rings. The van der Waals surface area contributed by atoms with Crippen LogP contribution in [0.15, 0.2) is 11.1 Å². The van der Waals surface area contributed by atoms with Crippen molar-refractivity contribution in [2.45, 2.75) is 40.5 Å². The van der Waals surface area contributed by atoms with E-state index in [9.17, 15) is 0 Å². The molecule has 3 rings (SSSR count). The van der Waals surface area contributed by atoms with Crippen molar-refractivity contribution in [2.75, 3.05) is 0 Å². The van der Waals surface area contributed by atoms with Gasteiger partial charge in [0.25, 0.3) is 0 Å². The highest BCUT2D eigenvalue weighted by atomic mass is 14.5. The van der Waals surface area contributed by atoms with E-state index in [1.165, 1.54) is 12.8 Å². The van der Waals surface area contributed by atoms with Crippen LogP contribution in [0.4, 0.5) is 0 Å². The minimum absolute atomic E-state index is 0.566. The summed E-state index contributed by atoms with van der Waals surface area (Å²) in [7, 11) is 0. The SMILES string of the molecule is CC1=C2CC(CC1C)C2(C)C. The van der Waals surface area contributed by atoms with Gasteiger partial charge in [0.05, 0.1) is 0 Å². The average molecular weight is 150 g/mol. The molecule has 62 valence electrons. The van der Waals surface area contributed by atoms with Crippen LogP contribution in [0.25, 0.3) is 0 Å². The summed E-state index contributed by atoms with van der Waals surface area (Å²) in [4.78, 5) is 0. The minimum atomic E-state index is 0.566. The number of hydrogen-bond acceptors (Lipinski definition) is 0. The molecule has 0 aromatic heterocycles. The van der Waals surface area contributed by atoms with E-state index in [4.69, 9.17) is 0 Å². The fraction of sp³-hybridized carbons (Fsp3) is 0.818. The molecule has 0 aliphatic heterocycles. The molecule has 2 atom stereocenters. The summed E-state index contributed by atoms with van der Waals surface area (Å²) in [6, 6.07) is 0. The Kier molecular flexibility index (Phi) is 1.28. The smallest absolute Gasteiger partial charge is 0.0110 e. The van der Waals surface area contributed by atoms with E-state index in [0.717, 1.165) is 11.8 Å². The molecule has 1 fully saturated rings. The molecule has 1 saturated carbocycles. The van der Waals surface area contributed by atoms with Crippen LogP contribution in [0.2, 0.25) is 0 Å². The van der Waals surface area contributed by atoms with Crippen LogP contribution in [-0.2, 0) is 0 Å². The van der Waals surface area contributed by atoms with Crippen molar-refractivity contribution in [1.82, 2.24) is 0 Å². The van der Waals surface area contributed by atoms with Crippen LogP contribution in [0.5, 0.6) is 0 Å². The molecule has 0 heteroatoms. The highest BCUT2D eigenvalue weighted by molar-refractivity contribution is 5.34. The second-order valence-electron chi connectivity index (χ2n) is 4.92. The maximum absolute atomic E-state index is 2.41. The first-order valence-electron chi connectivity index (χ1n) is 4.73. The van der Waals surface area contributed by atoms with Crippen molar-refractivity contribution < 1.29 is 0 Å². The zero-order chi connectivity index (χ0) is 8.22.